The van der Waals surface area contributed by atoms with Crippen molar-refractivity contribution in [3.8, 4) is 0 Å². The van der Waals surface area contributed by atoms with E-state index in [1.165, 1.54) is 11.6 Å². The van der Waals surface area contributed by atoms with Gasteiger partial charge >= 0.3 is 5.69 Å². The first-order valence-corrected chi connectivity index (χ1v) is 5.80. The van der Waals surface area contributed by atoms with Crippen molar-refractivity contribution in [2.24, 2.45) is 7.05 Å². The molecule has 1 aliphatic carbocycles. The minimum absolute atomic E-state index is 0.0987. The molecule has 2 rings (SSSR count). The average molecular weight is 238 g/mol. The number of H-pyrrole nitrogens is 1. The van der Waals surface area contributed by atoms with Gasteiger partial charge < -0.3 is 11.1 Å². The summed E-state index contributed by atoms with van der Waals surface area (Å²) >= 11 is 0. The van der Waals surface area contributed by atoms with E-state index in [-0.39, 0.29) is 11.4 Å². The molecule has 0 unspecified atom stereocenters. The molecule has 1 heterocycles. The van der Waals surface area contributed by atoms with Gasteiger partial charge in [-0.05, 0) is 19.8 Å². The lowest BCUT2D eigenvalue weighted by Gasteiger charge is -2.27. The van der Waals surface area contributed by atoms with Gasteiger partial charge in [-0.1, -0.05) is 12.8 Å². The van der Waals surface area contributed by atoms with Crippen LogP contribution in [0.2, 0.25) is 0 Å². The maximum absolute atomic E-state index is 11.7. The Bertz CT molecular complexity index is 537. The number of anilines is 2. The predicted molar refractivity (Wildman–Crippen MR) is 67.2 cm³/mol. The van der Waals surface area contributed by atoms with E-state index in [4.69, 9.17) is 5.73 Å². The molecule has 4 N–H and O–H groups in total. The lowest BCUT2D eigenvalue weighted by Crippen LogP contribution is -2.38. The fourth-order valence-electron chi connectivity index (χ4n) is 2.34. The minimum atomic E-state index is -0.491. The summed E-state index contributed by atoms with van der Waals surface area (Å²) in [5.41, 5.74) is 5.07. The molecule has 0 saturated heterocycles. The predicted octanol–water partition coefficient (Wildman–Crippen LogP) is 0.400. The molecule has 1 aromatic heterocycles. The fraction of sp³-hybridized carbons (Fsp3) is 0.636. The molecule has 0 amide bonds. The number of aromatic nitrogens is 2. The smallest absolute Gasteiger partial charge is 0.329 e. The van der Waals surface area contributed by atoms with E-state index in [1.807, 2.05) is 0 Å². The van der Waals surface area contributed by atoms with Gasteiger partial charge in [0.05, 0.1) is 0 Å². The van der Waals surface area contributed by atoms with E-state index in [2.05, 4.69) is 17.2 Å². The van der Waals surface area contributed by atoms with Gasteiger partial charge in [0.15, 0.2) is 0 Å². The van der Waals surface area contributed by atoms with Crippen LogP contribution in [0.15, 0.2) is 9.59 Å². The molecule has 1 fully saturated rings. The molecule has 0 radical (unpaired) electrons. The van der Waals surface area contributed by atoms with Gasteiger partial charge in [0.2, 0.25) is 0 Å². The summed E-state index contributed by atoms with van der Waals surface area (Å²) in [4.78, 5) is 25.3. The van der Waals surface area contributed by atoms with E-state index >= 15 is 0 Å². The Kier molecular flexibility index (Phi) is 2.73. The molecule has 0 spiro atoms. The summed E-state index contributed by atoms with van der Waals surface area (Å²) in [6.45, 7) is 2.07. The first kappa shape index (κ1) is 11.8. The van der Waals surface area contributed by atoms with Crippen molar-refractivity contribution in [3.63, 3.8) is 0 Å². The van der Waals surface area contributed by atoms with E-state index in [0.717, 1.165) is 25.7 Å². The second-order valence-corrected chi connectivity index (χ2v) is 4.97. The number of aromatic amines is 1. The molecule has 0 atom stereocenters. The molecule has 1 saturated carbocycles. The molecule has 0 aromatic carbocycles. The standard InChI is InChI=1S/C11H18N4O2/c1-11(5-3-4-6-11)14-7-8(12)15(2)10(17)13-9(7)16/h14H,3-6,12H2,1-2H3,(H,13,16,17). The van der Waals surface area contributed by atoms with Crippen LogP contribution in [0.5, 0.6) is 0 Å². The van der Waals surface area contributed by atoms with Crippen molar-refractivity contribution in [3.05, 3.63) is 20.8 Å². The van der Waals surface area contributed by atoms with Crippen LogP contribution in [0.3, 0.4) is 0 Å². The van der Waals surface area contributed by atoms with Crippen LogP contribution < -0.4 is 22.3 Å². The molecule has 0 aliphatic heterocycles. The molecule has 94 valence electrons. The average Bonchev–Trinajstić information content (AvgIpc) is 2.69. The summed E-state index contributed by atoms with van der Waals surface area (Å²) in [7, 11) is 1.54. The minimum Gasteiger partial charge on any atom is -0.383 e. The third-order valence-electron chi connectivity index (χ3n) is 3.50. The Morgan fingerprint density at radius 3 is 2.53 bits per heavy atom. The lowest BCUT2D eigenvalue weighted by atomic mass is 10.0. The number of nitrogens with zero attached hydrogens (tertiary/aromatic N) is 1. The summed E-state index contributed by atoms with van der Waals surface area (Å²) in [6, 6.07) is 0. The van der Waals surface area contributed by atoms with Crippen LogP contribution in [-0.4, -0.2) is 15.1 Å². The Labute approximate surface area is 98.8 Å². The van der Waals surface area contributed by atoms with Gasteiger partial charge in [0.25, 0.3) is 5.56 Å². The summed E-state index contributed by atoms with van der Waals surface area (Å²) in [6.07, 6.45) is 4.31. The molecule has 1 aromatic rings. The van der Waals surface area contributed by atoms with Gasteiger partial charge in [0, 0.05) is 12.6 Å². The second kappa shape index (κ2) is 3.94. The number of hydrogen-bond acceptors (Lipinski definition) is 4. The van der Waals surface area contributed by atoms with Crippen LogP contribution >= 0.6 is 0 Å². The van der Waals surface area contributed by atoms with E-state index in [1.54, 1.807) is 0 Å². The van der Waals surface area contributed by atoms with Gasteiger partial charge in [-0.15, -0.1) is 0 Å². The summed E-state index contributed by atoms with van der Waals surface area (Å²) in [5.74, 6) is 0.187. The van der Waals surface area contributed by atoms with Gasteiger partial charge in [-0.3, -0.25) is 14.3 Å². The lowest BCUT2D eigenvalue weighted by molar-refractivity contribution is 0.531. The van der Waals surface area contributed by atoms with Crippen LogP contribution in [0.25, 0.3) is 0 Å². The number of nitrogens with two attached hydrogens (primary N) is 1. The third kappa shape index (κ3) is 2.07. The Hall–Kier alpha value is -1.72. The van der Waals surface area contributed by atoms with Crippen molar-refractivity contribution >= 4 is 11.5 Å². The van der Waals surface area contributed by atoms with Crippen molar-refractivity contribution in [1.82, 2.24) is 9.55 Å². The van der Waals surface area contributed by atoms with E-state index in [0.29, 0.717) is 5.69 Å². The maximum atomic E-state index is 11.7. The molecule has 6 heteroatoms. The molecular formula is C11H18N4O2. The number of rotatable bonds is 2. The Balaban J connectivity index is 2.43. The zero-order valence-electron chi connectivity index (χ0n) is 10.2. The quantitative estimate of drug-likeness (QED) is 0.695. The van der Waals surface area contributed by atoms with Crippen molar-refractivity contribution in [2.75, 3.05) is 11.1 Å². The topological polar surface area (TPSA) is 92.9 Å². The van der Waals surface area contributed by atoms with E-state index < -0.39 is 11.2 Å². The second-order valence-electron chi connectivity index (χ2n) is 4.97. The maximum Gasteiger partial charge on any atom is 0.329 e. The highest BCUT2D eigenvalue weighted by molar-refractivity contribution is 5.61. The van der Waals surface area contributed by atoms with Crippen LogP contribution in [0, 0.1) is 0 Å². The largest absolute Gasteiger partial charge is 0.383 e. The molecule has 17 heavy (non-hydrogen) atoms. The van der Waals surface area contributed by atoms with Gasteiger partial charge in [-0.25, -0.2) is 4.79 Å². The monoisotopic (exact) mass is 238 g/mol. The number of nitrogens with one attached hydrogen (secondary N) is 2. The normalized spacial score (nSPS) is 18.2. The summed E-state index contributed by atoms with van der Waals surface area (Å²) < 4.78 is 1.24. The SMILES string of the molecule is Cn1c(N)c(NC2(C)CCCC2)c(=O)[nH]c1=O. The Morgan fingerprint density at radius 1 is 1.35 bits per heavy atom. The van der Waals surface area contributed by atoms with Gasteiger partial charge in [0.1, 0.15) is 11.5 Å². The molecule has 1 aliphatic rings. The fourth-order valence-corrected chi connectivity index (χ4v) is 2.34. The highest BCUT2D eigenvalue weighted by Crippen LogP contribution is 2.32. The number of nitrogen functional groups attached to an aromatic ring is 1. The van der Waals surface area contributed by atoms with Crippen LogP contribution in [0.1, 0.15) is 32.6 Å². The van der Waals surface area contributed by atoms with Gasteiger partial charge in [-0.2, -0.15) is 0 Å². The van der Waals surface area contributed by atoms with Crippen molar-refractivity contribution < 1.29 is 0 Å². The van der Waals surface area contributed by atoms with Crippen LogP contribution in [0.4, 0.5) is 11.5 Å². The number of hydrogen-bond donors (Lipinski definition) is 3. The van der Waals surface area contributed by atoms with Crippen molar-refractivity contribution in [2.45, 2.75) is 38.1 Å². The summed E-state index contributed by atoms with van der Waals surface area (Å²) in [5, 5.41) is 3.19. The zero-order chi connectivity index (χ0) is 12.6. The first-order valence-electron chi connectivity index (χ1n) is 5.80. The zero-order valence-corrected chi connectivity index (χ0v) is 10.2. The molecular weight excluding hydrogens is 220 g/mol. The van der Waals surface area contributed by atoms with Crippen molar-refractivity contribution in [1.29, 1.82) is 0 Å². The van der Waals surface area contributed by atoms with E-state index in [9.17, 15) is 9.59 Å². The molecule has 0 bridgehead atoms. The molecule has 6 nitrogen and oxygen atoms in total. The van der Waals surface area contributed by atoms with Crippen LogP contribution in [-0.2, 0) is 7.05 Å². The first-order chi connectivity index (χ1) is 7.93. The highest BCUT2D eigenvalue weighted by atomic mass is 16.2. The Morgan fingerprint density at radius 2 is 1.94 bits per heavy atom. The highest BCUT2D eigenvalue weighted by Gasteiger charge is 2.30. The third-order valence-corrected chi connectivity index (χ3v) is 3.50.